The molecule has 0 spiro atoms. The Bertz CT molecular complexity index is 215. The van der Waals surface area contributed by atoms with E-state index < -0.39 is 11.0 Å². The van der Waals surface area contributed by atoms with Gasteiger partial charge in [0, 0.05) is 23.9 Å². The smallest absolute Gasteiger partial charge is 0.297 e. The minimum Gasteiger partial charge on any atom is -0.334 e. The largest absolute Gasteiger partial charge is 0.334 e. The summed E-state index contributed by atoms with van der Waals surface area (Å²) in [4.78, 5) is 22.7. The standard InChI is InChI=1S/C7H12N2O3/c1-5(2)8-4-3-6(7(8)10)9(11)12/h5-6H,3-4H2,1-2H3. The maximum atomic E-state index is 11.3. The molecule has 12 heavy (non-hydrogen) atoms. The highest BCUT2D eigenvalue weighted by atomic mass is 16.6. The molecule has 1 unspecified atom stereocenters. The van der Waals surface area contributed by atoms with Gasteiger partial charge in [-0.15, -0.1) is 0 Å². The zero-order valence-corrected chi connectivity index (χ0v) is 7.19. The van der Waals surface area contributed by atoms with Crippen LogP contribution in [0, 0.1) is 10.1 Å². The summed E-state index contributed by atoms with van der Waals surface area (Å²) in [6.07, 6.45) is 0.351. The lowest BCUT2D eigenvalue weighted by molar-refractivity contribution is -0.506. The van der Waals surface area contributed by atoms with Crippen molar-refractivity contribution in [3.05, 3.63) is 10.1 Å². The van der Waals surface area contributed by atoms with Crippen molar-refractivity contribution in [1.82, 2.24) is 4.90 Å². The molecule has 0 saturated carbocycles. The highest BCUT2D eigenvalue weighted by Gasteiger charge is 2.41. The molecule has 1 heterocycles. The van der Waals surface area contributed by atoms with E-state index in [1.807, 2.05) is 13.8 Å². The zero-order chi connectivity index (χ0) is 9.30. The first-order chi connectivity index (χ1) is 5.54. The maximum Gasteiger partial charge on any atom is 0.297 e. The molecule has 0 aromatic heterocycles. The SMILES string of the molecule is CC(C)N1CCC([N+](=O)[O-])C1=O. The number of hydrogen-bond donors (Lipinski definition) is 0. The van der Waals surface area contributed by atoms with Gasteiger partial charge in [0.05, 0.1) is 0 Å². The molecule has 1 fully saturated rings. The van der Waals surface area contributed by atoms with Crippen LogP contribution in [-0.2, 0) is 4.79 Å². The average molecular weight is 172 g/mol. The lowest BCUT2D eigenvalue weighted by Crippen LogP contribution is -2.37. The predicted molar refractivity (Wildman–Crippen MR) is 42.2 cm³/mol. The Labute approximate surface area is 70.5 Å². The summed E-state index contributed by atoms with van der Waals surface area (Å²) in [6, 6.07) is -0.921. The Kier molecular flexibility index (Phi) is 2.30. The van der Waals surface area contributed by atoms with Gasteiger partial charge in [-0.2, -0.15) is 0 Å². The van der Waals surface area contributed by atoms with Crippen LogP contribution in [0.4, 0.5) is 0 Å². The zero-order valence-electron chi connectivity index (χ0n) is 7.19. The Morgan fingerprint density at radius 2 is 2.25 bits per heavy atom. The van der Waals surface area contributed by atoms with Crippen LogP contribution in [0.1, 0.15) is 20.3 Å². The summed E-state index contributed by atoms with van der Waals surface area (Å²) in [5.41, 5.74) is 0. The molecule has 0 radical (unpaired) electrons. The molecule has 1 aliphatic rings. The van der Waals surface area contributed by atoms with Crippen molar-refractivity contribution in [3.8, 4) is 0 Å². The topological polar surface area (TPSA) is 63.4 Å². The second-order valence-electron chi connectivity index (χ2n) is 3.22. The lowest BCUT2D eigenvalue weighted by atomic mass is 10.3. The fourth-order valence-corrected chi connectivity index (χ4v) is 1.39. The molecule has 0 bridgehead atoms. The molecule has 1 aliphatic heterocycles. The van der Waals surface area contributed by atoms with Crippen LogP contribution in [-0.4, -0.2) is 34.4 Å². The molecule has 0 aromatic rings. The van der Waals surface area contributed by atoms with Gasteiger partial charge in [0.15, 0.2) is 0 Å². The number of rotatable bonds is 2. The van der Waals surface area contributed by atoms with E-state index in [0.29, 0.717) is 13.0 Å². The lowest BCUT2D eigenvalue weighted by Gasteiger charge is -2.18. The van der Waals surface area contributed by atoms with Crippen molar-refractivity contribution in [3.63, 3.8) is 0 Å². The number of amides is 1. The van der Waals surface area contributed by atoms with Crippen LogP contribution < -0.4 is 0 Å². The molecule has 1 saturated heterocycles. The van der Waals surface area contributed by atoms with Crippen molar-refractivity contribution in [2.75, 3.05) is 6.54 Å². The first-order valence-corrected chi connectivity index (χ1v) is 3.98. The van der Waals surface area contributed by atoms with Gasteiger partial charge in [0.1, 0.15) is 0 Å². The number of hydrogen-bond acceptors (Lipinski definition) is 3. The molecule has 0 aliphatic carbocycles. The van der Waals surface area contributed by atoms with Gasteiger partial charge < -0.3 is 4.90 Å². The number of carbonyl (C=O) groups excluding carboxylic acids is 1. The van der Waals surface area contributed by atoms with Gasteiger partial charge in [-0.05, 0) is 13.8 Å². The van der Waals surface area contributed by atoms with Crippen LogP contribution in [0.25, 0.3) is 0 Å². The van der Waals surface area contributed by atoms with E-state index in [-0.39, 0.29) is 11.9 Å². The summed E-state index contributed by atoms with van der Waals surface area (Å²) in [6.45, 7) is 4.24. The third-order valence-electron chi connectivity index (χ3n) is 2.09. The number of likely N-dealkylation sites (tertiary alicyclic amines) is 1. The van der Waals surface area contributed by atoms with E-state index in [1.165, 1.54) is 0 Å². The highest BCUT2D eigenvalue weighted by Crippen LogP contribution is 2.16. The quantitative estimate of drug-likeness (QED) is 0.443. The van der Waals surface area contributed by atoms with Crippen molar-refractivity contribution >= 4 is 5.91 Å². The first kappa shape index (κ1) is 8.96. The van der Waals surface area contributed by atoms with Crippen molar-refractivity contribution < 1.29 is 9.72 Å². The summed E-state index contributed by atoms with van der Waals surface area (Å²) in [5, 5.41) is 10.3. The first-order valence-electron chi connectivity index (χ1n) is 3.98. The third kappa shape index (κ3) is 1.39. The van der Waals surface area contributed by atoms with Crippen molar-refractivity contribution in [2.45, 2.75) is 32.4 Å². The van der Waals surface area contributed by atoms with Gasteiger partial charge in [0.2, 0.25) is 0 Å². The molecular weight excluding hydrogens is 160 g/mol. The second-order valence-corrected chi connectivity index (χ2v) is 3.22. The fourth-order valence-electron chi connectivity index (χ4n) is 1.39. The molecule has 1 amide bonds. The monoisotopic (exact) mass is 172 g/mol. The van der Waals surface area contributed by atoms with Crippen molar-refractivity contribution in [2.24, 2.45) is 0 Å². The van der Waals surface area contributed by atoms with Gasteiger partial charge >= 0.3 is 0 Å². The molecule has 5 nitrogen and oxygen atoms in total. The van der Waals surface area contributed by atoms with Crippen LogP contribution in [0.15, 0.2) is 0 Å². The van der Waals surface area contributed by atoms with Crippen LogP contribution in [0.3, 0.4) is 0 Å². The van der Waals surface area contributed by atoms with Crippen LogP contribution >= 0.6 is 0 Å². The van der Waals surface area contributed by atoms with Gasteiger partial charge in [0.25, 0.3) is 11.9 Å². The maximum absolute atomic E-state index is 11.3. The van der Waals surface area contributed by atoms with E-state index in [2.05, 4.69) is 0 Å². The second kappa shape index (κ2) is 3.08. The minimum absolute atomic E-state index is 0.0717. The Morgan fingerprint density at radius 1 is 1.67 bits per heavy atom. The Morgan fingerprint density at radius 3 is 2.50 bits per heavy atom. The molecule has 5 heteroatoms. The summed E-state index contributed by atoms with van der Waals surface area (Å²) in [7, 11) is 0. The van der Waals surface area contributed by atoms with Crippen LogP contribution in [0.2, 0.25) is 0 Å². The van der Waals surface area contributed by atoms with E-state index in [4.69, 9.17) is 0 Å². The summed E-state index contributed by atoms with van der Waals surface area (Å²) >= 11 is 0. The van der Waals surface area contributed by atoms with E-state index in [9.17, 15) is 14.9 Å². The average Bonchev–Trinajstić information content (AvgIpc) is 2.30. The molecular formula is C7H12N2O3. The van der Waals surface area contributed by atoms with Gasteiger partial charge in [-0.25, -0.2) is 0 Å². The Hall–Kier alpha value is -1.13. The van der Waals surface area contributed by atoms with E-state index >= 15 is 0 Å². The van der Waals surface area contributed by atoms with E-state index in [0.717, 1.165) is 0 Å². The van der Waals surface area contributed by atoms with Crippen LogP contribution in [0.5, 0.6) is 0 Å². The predicted octanol–water partition coefficient (Wildman–Crippen LogP) is 0.272. The Balaban J connectivity index is 2.67. The molecule has 0 N–H and O–H groups in total. The molecule has 0 aromatic carbocycles. The summed E-state index contributed by atoms with van der Waals surface area (Å²) in [5.74, 6) is -0.338. The molecule has 1 rings (SSSR count). The number of carbonyl (C=O) groups is 1. The molecule has 1 atom stereocenters. The molecule has 68 valence electrons. The van der Waals surface area contributed by atoms with Gasteiger partial charge in [-0.3, -0.25) is 14.9 Å². The van der Waals surface area contributed by atoms with E-state index in [1.54, 1.807) is 4.90 Å². The normalized spacial score (nSPS) is 23.8. The highest BCUT2D eigenvalue weighted by molar-refractivity contribution is 5.82. The number of nitro groups is 1. The number of nitrogens with zero attached hydrogens (tertiary/aromatic N) is 2. The summed E-state index contributed by atoms with van der Waals surface area (Å²) < 4.78 is 0. The van der Waals surface area contributed by atoms with Crippen molar-refractivity contribution in [1.29, 1.82) is 0 Å². The fraction of sp³-hybridized carbons (Fsp3) is 0.857. The minimum atomic E-state index is -0.993. The third-order valence-corrected chi connectivity index (χ3v) is 2.09. The van der Waals surface area contributed by atoms with Gasteiger partial charge in [-0.1, -0.05) is 0 Å².